The van der Waals surface area contributed by atoms with Gasteiger partial charge in [0.15, 0.2) is 9.84 Å². The van der Waals surface area contributed by atoms with Crippen molar-refractivity contribution in [2.75, 3.05) is 7.05 Å². The molecule has 1 aliphatic rings. The molecule has 2 N–H and O–H groups in total. The fourth-order valence-corrected chi connectivity index (χ4v) is 6.88. The number of rotatable bonds is 6. The van der Waals surface area contributed by atoms with E-state index in [1.807, 2.05) is 6.92 Å². The van der Waals surface area contributed by atoms with E-state index in [-0.39, 0.29) is 21.8 Å². The molecule has 0 radical (unpaired) electrons. The van der Waals surface area contributed by atoms with Gasteiger partial charge in [-0.1, -0.05) is 34.5 Å². The van der Waals surface area contributed by atoms with Crippen LogP contribution in [0.5, 0.6) is 5.75 Å². The average molecular weight is 535 g/mol. The molecule has 1 fully saturated rings. The Bertz CT molecular complexity index is 1110. The van der Waals surface area contributed by atoms with E-state index in [1.165, 1.54) is 13.1 Å². The lowest BCUT2D eigenvalue weighted by atomic mass is 9.78. The zero-order chi connectivity index (χ0) is 22.3. The number of phenolic OH excluding ortho intramolecular Hbond substituents is 1. The Labute approximate surface area is 194 Å². The van der Waals surface area contributed by atoms with Gasteiger partial charge in [0.25, 0.3) is 5.91 Å². The summed E-state index contributed by atoms with van der Waals surface area (Å²) in [7, 11) is -2.43. The van der Waals surface area contributed by atoms with Gasteiger partial charge in [-0.3, -0.25) is 4.79 Å². The number of aromatic hydroxyl groups is 1. The van der Waals surface area contributed by atoms with E-state index in [2.05, 4.69) is 21.2 Å². The smallest absolute Gasteiger partial charge is 0.254 e. The topological polar surface area (TPSA) is 83.5 Å². The van der Waals surface area contributed by atoms with Gasteiger partial charge in [-0.05, 0) is 61.1 Å². The molecular weight excluding hydrogens is 513 g/mol. The summed E-state index contributed by atoms with van der Waals surface area (Å²) in [6, 6.07) is 6.30. The number of halogens is 3. The number of hydrogen-bond donors (Lipinski definition) is 2. The van der Waals surface area contributed by atoms with Gasteiger partial charge in [-0.25, -0.2) is 8.42 Å². The monoisotopic (exact) mass is 533 g/mol. The fraction of sp³-hybridized carbons (Fsp3) is 0.381. The number of amides is 1. The highest BCUT2D eigenvalue weighted by atomic mass is 79.9. The van der Waals surface area contributed by atoms with Crippen molar-refractivity contribution in [3.63, 3.8) is 0 Å². The van der Waals surface area contributed by atoms with Crippen LogP contribution in [0, 0.1) is 0 Å². The maximum atomic E-state index is 13.3. The van der Waals surface area contributed by atoms with Crippen LogP contribution in [0.3, 0.4) is 0 Å². The zero-order valence-electron chi connectivity index (χ0n) is 16.6. The third-order valence-corrected chi connectivity index (χ3v) is 8.59. The molecule has 3 rings (SSSR count). The number of carbonyl (C=O) groups is 1. The van der Waals surface area contributed by atoms with Gasteiger partial charge in [0.05, 0.1) is 21.1 Å². The van der Waals surface area contributed by atoms with E-state index in [1.54, 1.807) is 18.2 Å². The van der Waals surface area contributed by atoms with Gasteiger partial charge in [0, 0.05) is 22.1 Å². The van der Waals surface area contributed by atoms with Crippen molar-refractivity contribution in [1.29, 1.82) is 0 Å². The SMILES string of the molecule is CCc1c(Cl)cc(Br)cc1S(=O)(=O)Cc1cc(C2(Cl)CCC2)cc(C(=O)NC)c1O. The Balaban J connectivity index is 2.14. The Morgan fingerprint density at radius 3 is 2.47 bits per heavy atom. The van der Waals surface area contributed by atoms with Gasteiger partial charge < -0.3 is 10.4 Å². The molecule has 162 valence electrons. The lowest BCUT2D eigenvalue weighted by Crippen LogP contribution is -2.29. The van der Waals surface area contributed by atoms with Crippen molar-refractivity contribution >= 4 is 54.9 Å². The molecule has 5 nitrogen and oxygen atoms in total. The van der Waals surface area contributed by atoms with Gasteiger partial charge in [0.1, 0.15) is 5.75 Å². The van der Waals surface area contributed by atoms with E-state index in [9.17, 15) is 18.3 Å². The summed E-state index contributed by atoms with van der Waals surface area (Å²) >= 11 is 16.2. The van der Waals surface area contributed by atoms with Gasteiger partial charge in [0.2, 0.25) is 0 Å². The second-order valence-corrected chi connectivity index (χ2v) is 11.4. The molecule has 0 unspecified atom stereocenters. The predicted octanol–water partition coefficient (Wildman–Crippen LogP) is 5.32. The van der Waals surface area contributed by atoms with Crippen molar-refractivity contribution in [1.82, 2.24) is 5.32 Å². The van der Waals surface area contributed by atoms with Gasteiger partial charge >= 0.3 is 0 Å². The maximum absolute atomic E-state index is 13.3. The van der Waals surface area contributed by atoms with Crippen molar-refractivity contribution in [3.8, 4) is 5.75 Å². The van der Waals surface area contributed by atoms with Gasteiger partial charge in [-0.2, -0.15) is 0 Å². The second-order valence-electron chi connectivity index (χ2n) is 7.41. The molecule has 2 aromatic carbocycles. The third kappa shape index (κ3) is 4.35. The highest BCUT2D eigenvalue weighted by Gasteiger charge is 2.38. The summed E-state index contributed by atoms with van der Waals surface area (Å²) in [6.45, 7) is 1.82. The number of alkyl halides is 1. The molecule has 30 heavy (non-hydrogen) atoms. The van der Waals surface area contributed by atoms with Crippen molar-refractivity contribution in [2.45, 2.75) is 48.1 Å². The first-order valence-corrected chi connectivity index (χ1v) is 12.7. The molecule has 0 heterocycles. The van der Waals surface area contributed by atoms with Crippen LogP contribution in [0.2, 0.25) is 5.02 Å². The number of phenols is 1. The van der Waals surface area contributed by atoms with Crippen LogP contribution >= 0.6 is 39.1 Å². The van der Waals surface area contributed by atoms with Crippen molar-refractivity contribution in [2.24, 2.45) is 0 Å². The molecule has 9 heteroatoms. The minimum atomic E-state index is -3.87. The maximum Gasteiger partial charge on any atom is 0.254 e. The molecule has 0 spiro atoms. The third-order valence-electron chi connectivity index (χ3n) is 5.48. The molecule has 0 bridgehead atoms. The zero-order valence-corrected chi connectivity index (χ0v) is 20.5. The van der Waals surface area contributed by atoms with Crippen LogP contribution in [0.1, 0.15) is 53.2 Å². The highest BCUT2D eigenvalue weighted by molar-refractivity contribution is 9.10. The summed E-state index contributed by atoms with van der Waals surface area (Å²) in [5, 5.41) is 13.5. The average Bonchev–Trinajstić information content (AvgIpc) is 2.66. The number of hydrogen-bond acceptors (Lipinski definition) is 4. The normalized spacial score (nSPS) is 15.5. The largest absolute Gasteiger partial charge is 0.507 e. The molecule has 1 saturated carbocycles. The summed E-state index contributed by atoms with van der Waals surface area (Å²) < 4.78 is 27.2. The number of benzene rings is 2. The highest BCUT2D eigenvalue weighted by Crippen LogP contribution is 2.49. The van der Waals surface area contributed by atoms with Crippen LogP contribution in [0.25, 0.3) is 0 Å². The molecule has 0 aromatic heterocycles. The van der Waals surface area contributed by atoms with Crippen LogP contribution in [-0.2, 0) is 26.9 Å². The lowest BCUT2D eigenvalue weighted by molar-refractivity contribution is 0.0960. The van der Waals surface area contributed by atoms with Crippen LogP contribution in [0.15, 0.2) is 33.6 Å². The minimum Gasteiger partial charge on any atom is -0.507 e. The quantitative estimate of drug-likeness (QED) is 0.491. The van der Waals surface area contributed by atoms with Crippen molar-refractivity contribution < 1.29 is 18.3 Å². The van der Waals surface area contributed by atoms with Crippen LogP contribution < -0.4 is 5.32 Å². The van der Waals surface area contributed by atoms with E-state index < -0.39 is 26.4 Å². The fourth-order valence-electron chi connectivity index (χ4n) is 3.63. The second kappa shape index (κ2) is 8.69. The standard InChI is InChI=1S/C21H22BrCl2NO4S/c1-3-15-17(23)9-14(22)10-18(15)30(28,29)11-12-7-13(21(24)5-4-6-21)8-16(19(12)26)20(27)25-2/h7-10,26H,3-6,11H2,1-2H3,(H,25,27). The molecule has 1 amide bonds. The Morgan fingerprint density at radius 1 is 1.27 bits per heavy atom. The van der Waals surface area contributed by atoms with E-state index in [0.29, 0.717) is 27.0 Å². The number of carbonyl (C=O) groups excluding carboxylic acids is 1. The van der Waals surface area contributed by atoms with Crippen LogP contribution in [-0.4, -0.2) is 26.5 Å². The minimum absolute atomic E-state index is 0.00937. The Kier molecular flexibility index (Phi) is 6.77. The molecule has 1 aliphatic carbocycles. The first-order chi connectivity index (χ1) is 14.0. The van der Waals surface area contributed by atoms with Gasteiger partial charge in [-0.15, -0.1) is 11.6 Å². The van der Waals surface area contributed by atoms with E-state index in [4.69, 9.17) is 23.2 Å². The summed E-state index contributed by atoms with van der Waals surface area (Å²) in [5.74, 6) is -1.35. The van der Waals surface area contributed by atoms with Crippen LogP contribution in [0.4, 0.5) is 0 Å². The first-order valence-electron chi connectivity index (χ1n) is 9.50. The Morgan fingerprint density at radius 2 is 1.93 bits per heavy atom. The predicted molar refractivity (Wildman–Crippen MR) is 122 cm³/mol. The van der Waals surface area contributed by atoms with E-state index in [0.717, 1.165) is 19.3 Å². The summed E-state index contributed by atoms with van der Waals surface area (Å²) in [4.78, 5) is 11.8. The molecule has 0 aliphatic heterocycles. The molecular formula is C21H22BrCl2NO4S. The Hall–Kier alpha value is -1.28. The van der Waals surface area contributed by atoms with Crippen molar-refractivity contribution in [3.05, 3.63) is 56.0 Å². The molecule has 2 aromatic rings. The molecule has 0 atom stereocenters. The first kappa shape index (κ1) is 23.4. The number of sulfone groups is 1. The molecule has 0 saturated heterocycles. The van der Waals surface area contributed by atoms with E-state index >= 15 is 0 Å². The lowest BCUT2D eigenvalue weighted by Gasteiger charge is -2.36. The summed E-state index contributed by atoms with van der Waals surface area (Å²) in [5.41, 5.74) is 1.29. The number of nitrogens with one attached hydrogen (secondary N) is 1. The summed E-state index contributed by atoms with van der Waals surface area (Å²) in [6.07, 6.45) is 2.82.